The topological polar surface area (TPSA) is 200 Å². The van der Waals surface area contributed by atoms with Crippen LogP contribution in [0.15, 0.2) is 24.3 Å². The number of nitrogens with one attached hydrogen (secondary N) is 6. The van der Waals surface area contributed by atoms with Gasteiger partial charge in [-0.1, -0.05) is 104 Å². The Labute approximate surface area is 443 Å². The standard InChI is InChI=1S/C54H90N8O8.2ClH/c1-35(55-9)47(63)59-45(53(3,4)5)51(67)61-29-17-23-43(61)49(65)57-41(39-19-13-11-14-20-39)33-69-31-37-25-27-38(28-26-37)32-70-34-42(40-21-15-12-16-22-40)58-50(66)44-24-18-30-62(44)52(68)46(54(6,7)8)60-48(64)36(2)56-10;;/h25-28,35-36,39-46,55-56H,11-24,29-34H2,1-10H3,(H,57,65)(H,58,66)(H,59,63)(H,60,64);2*1H/t35-,36-,41+,42+,43-,44-,45+,46+;;/m0../s1. The van der Waals surface area contributed by atoms with E-state index in [0.717, 1.165) is 62.5 Å². The third-order valence-electron chi connectivity index (χ3n) is 15.4. The third kappa shape index (κ3) is 17.8. The van der Waals surface area contributed by atoms with E-state index in [2.05, 4.69) is 31.9 Å². The van der Waals surface area contributed by atoms with Crippen LogP contribution in [0.25, 0.3) is 0 Å². The Hall–Kier alpha value is -3.54. The molecule has 0 unspecified atom stereocenters. The number of carbonyl (C=O) groups excluding carboxylic acids is 6. The van der Waals surface area contributed by atoms with E-state index < -0.39 is 47.1 Å². The van der Waals surface area contributed by atoms with E-state index in [1.165, 1.54) is 12.8 Å². The predicted octanol–water partition coefficient (Wildman–Crippen LogP) is 5.95. The number of likely N-dealkylation sites (tertiary alicyclic amines) is 2. The Bertz CT molecular complexity index is 1750. The summed E-state index contributed by atoms with van der Waals surface area (Å²) in [5, 5.41) is 18.5. The summed E-state index contributed by atoms with van der Waals surface area (Å²) in [5.41, 5.74) is 0.888. The van der Waals surface area contributed by atoms with Crippen LogP contribution >= 0.6 is 24.8 Å². The first-order valence-corrected chi connectivity index (χ1v) is 26.6. The van der Waals surface area contributed by atoms with Gasteiger partial charge in [0.1, 0.15) is 24.2 Å². The molecule has 5 rings (SSSR count). The minimum absolute atomic E-state index is 0. The van der Waals surface area contributed by atoms with Crippen molar-refractivity contribution in [3.8, 4) is 0 Å². The Morgan fingerprint density at radius 1 is 0.528 bits per heavy atom. The third-order valence-corrected chi connectivity index (χ3v) is 15.4. The van der Waals surface area contributed by atoms with Crippen LogP contribution < -0.4 is 31.9 Å². The zero-order valence-electron chi connectivity index (χ0n) is 45.2. The Kier molecular flexibility index (Phi) is 25.7. The smallest absolute Gasteiger partial charge is 0.246 e. The Morgan fingerprint density at radius 3 is 1.17 bits per heavy atom. The Balaban J connectivity index is 0.00000684. The van der Waals surface area contributed by atoms with Gasteiger partial charge in [0.05, 0.1) is 50.6 Å². The van der Waals surface area contributed by atoms with Gasteiger partial charge in [0.15, 0.2) is 0 Å². The van der Waals surface area contributed by atoms with Crippen molar-refractivity contribution in [3.63, 3.8) is 0 Å². The summed E-state index contributed by atoms with van der Waals surface area (Å²) in [7, 11) is 3.41. The molecule has 0 spiro atoms. The second kappa shape index (κ2) is 29.5. The van der Waals surface area contributed by atoms with Gasteiger partial charge in [-0.2, -0.15) is 0 Å². The van der Waals surface area contributed by atoms with Gasteiger partial charge in [0.25, 0.3) is 0 Å². The monoisotopic (exact) mass is 1050 g/mol. The van der Waals surface area contributed by atoms with Gasteiger partial charge < -0.3 is 51.2 Å². The molecular weight excluding hydrogens is 960 g/mol. The average molecular weight is 1050 g/mol. The van der Waals surface area contributed by atoms with Gasteiger partial charge in [-0.15, -0.1) is 24.8 Å². The number of rotatable bonds is 22. The van der Waals surface area contributed by atoms with Crippen molar-refractivity contribution in [3.05, 3.63) is 35.4 Å². The van der Waals surface area contributed by atoms with Gasteiger partial charge >= 0.3 is 0 Å². The van der Waals surface area contributed by atoms with Crippen LogP contribution in [0, 0.1) is 22.7 Å². The summed E-state index contributed by atoms with van der Waals surface area (Å²) >= 11 is 0. The summed E-state index contributed by atoms with van der Waals surface area (Å²) in [4.78, 5) is 85.5. The molecule has 8 atom stereocenters. The molecule has 2 heterocycles. The number of amides is 6. The number of halogens is 2. The van der Waals surface area contributed by atoms with Gasteiger partial charge in [-0.25, -0.2) is 0 Å². The quantitative estimate of drug-likeness (QED) is 0.0807. The maximum atomic E-state index is 14.1. The number of nitrogens with zero attached hydrogens (tertiary/aromatic N) is 2. The maximum absolute atomic E-state index is 14.1. The molecule has 6 N–H and O–H groups in total. The van der Waals surface area contributed by atoms with E-state index in [-0.39, 0.29) is 84.2 Å². The lowest BCUT2D eigenvalue weighted by Crippen LogP contribution is -2.60. The number of hydrogen-bond donors (Lipinski definition) is 6. The highest BCUT2D eigenvalue weighted by molar-refractivity contribution is 5.95. The summed E-state index contributed by atoms with van der Waals surface area (Å²) < 4.78 is 12.7. The molecule has 1 aromatic rings. The van der Waals surface area contributed by atoms with Crippen LogP contribution in [0.5, 0.6) is 0 Å². The van der Waals surface area contributed by atoms with E-state index >= 15 is 0 Å². The van der Waals surface area contributed by atoms with Crippen LogP contribution in [-0.4, -0.2) is 134 Å². The van der Waals surface area contributed by atoms with Crippen LogP contribution in [0.4, 0.5) is 0 Å². The molecule has 2 aliphatic heterocycles. The van der Waals surface area contributed by atoms with E-state index in [4.69, 9.17) is 9.47 Å². The lowest BCUT2D eigenvalue weighted by molar-refractivity contribution is -0.144. The average Bonchev–Trinajstić information content (AvgIpc) is 4.05. The van der Waals surface area contributed by atoms with Crippen molar-refractivity contribution in [2.45, 2.75) is 207 Å². The largest absolute Gasteiger partial charge is 0.375 e. The molecule has 16 nitrogen and oxygen atoms in total. The van der Waals surface area contributed by atoms with Crippen LogP contribution in [0.2, 0.25) is 0 Å². The van der Waals surface area contributed by atoms with Crippen molar-refractivity contribution >= 4 is 60.3 Å². The first kappa shape index (κ1) is 62.8. The fraction of sp³-hybridized carbons (Fsp3) is 0.778. The van der Waals surface area contributed by atoms with Crippen LogP contribution in [0.3, 0.4) is 0 Å². The maximum Gasteiger partial charge on any atom is 0.246 e. The van der Waals surface area contributed by atoms with Crippen LogP contribution in [0.1, 0.15) is 156 Å². The molecule has 18 heteroatoms. The van der Waals surface area contributed by atoms with Crippen molar-refractivity contribution in [1.29, 1.82) is 0 Å². The molecule has 72 heavy (non-hydrogen) atoms. The molecule has 4 fully saturated rings. The predicted molar refractivity (Wildman–Crippen MR) is 287 cm³/mol. The second-order valence-electron chi connectivity index (χ2n) is 22.9. The molecule has 6 amide bonds. The molecule has 0 bridgehead atoms. The van der Waals surface area contributed by atoms with Crippen molar-refractivity contribution in [2.75, 3.05) is 40.4 Å². The van der Waals surface area contributed by atoms with Gasteiger partial charge in [0, 0.05) is 13.1 Å². The van der Waals surface area contributed by atoms with E-state index in [0.29, 0.717) is 65.2 Å². The highest BCUT2D eigenvalue weighted by atomic mass is 35.5. The molecule has 0 aromatic heterocycles. The molecule has 2 saturated heterocycles. The number of carbonyl (C=O) groups is 6. The van der Waals surface area contributed by atoms with Gasteiger partial charge in [-0.3, -0.25) is 28.8 Å². The van der Waals surface area contributed by atoms with E-state index in [1.807, 2.05) is 65.8 Å². The molecular formula is C54H92Cl2N8O8. The van der Waals surface area contributed by atoms with Gasteiger partial charge in [-0.05, 0) is 113 Å². The molecule has 410 valence electrons. The fourth-order valence-electron chi connectivity index (χ4n) is 10.6. The number of ether oxygens (including phenoxy) is 2. The zero-order chi connectivity index (χ0) is 51.2. The number of hydrogen-bond acceptors (Lipinski definition) is 10. The van der Waals surface area contributed by atoms with E-state index in [9.17, 15) is 28.8 Å². The van der Waals surface area contributed by atoms with Crippen molar-refractivity contribution in [2.24, 2.45) is 22.7 Å². The SMILES string of the molecule is CN[C@@H](C)C(=O)N[C@H](C(=O)N1CCC[C@H]1C(=O)N[C@H](COCc1ccc(COC[C@@H](NC(=O)[C@@H]2CCCN2C(=O)[C@@H](NC(=O)[C@H](C)NC)C(C)(C)C)C2CCCCC2)cc1)C1CCCCC1)C(C)(C)C.Cl.Cl. The molecule has 4 aliphatic rings. The first-order chi connectivity index (χ1) is 33.2. The normalized spacial score (nSPS) is 21.5. The lowest BCUT2D eigenvalue weighted by Gasteiger charge is -2.37. The summed E-state index contributed by atoms with van der Waals surface area (Å²) in [5.74, 6) is -0.738. The summed E-state index contributed by atoms with van der Waals surface area (Å²) in [6.45, 7) is 17.5. The highest BCUT2D eigenvalue weighted by Crippen LogP contribution is 2.31. The summed E-state index contributed by atoms with van der Waals surface area (Å²) in [6, 6.07) is 4.07. The van der Waals surface area contributed by atoms with Crippen molar-refractivity contribution in [1.82, 2.24) is 41.7 Å². The minimum Gasteiger partial charge on any atom is -0.375 e. The van der Waals surface area contributed by atoms with Crippen LogP contribution in [-0.2, 0) is 51.5 Å². The zero-order valence-corrected chi connectivity index (χ0v) is 46.8. The first-order valence-electron chi connectivity index (χ1n) is 26.6. The molecule has 1 aromatic carbocycles. The minimum atomic E-state index is -0.776. The fourth-order valence-corrected chi connectivity index (χ4v) is 10.6. The molecule has 2 aliphatic carbocycles. The van der Waals surface area contributed by atoms with Crippen molar-refractivity contribution < 1.29 is 38.2 Å². The lowest BCUT2D eigenvalue weighted by atomic mass is 9.84. The molecule has 0 radical (unpaired) electrons. The van der Waals surface area contributed by atoms with Gasteiger partial charge in [0.2, 0.25) is 35.4 Å². The summed E-state index contributed by atoms with van der Waals surface area (Å²) in [6.07, 6.45) is 13.4. The number of likely N-dealkylation sites (N-methyl/N-ethyl adjacent to an activating group) is 2. The molecule has 2 saturated carbocycles. The van der Waals surface area contributed by atoms with E-state index in [1.54, 1.807) is 37.7 Å². The highest BCUT2D eigenvalue weighted by Gasteiger charge is 2.45. The Morgan fingerprint density at radius 2 is 0.861 bits per heavy atom. The second-order valence-corrected chi connectivity index (χ2v) is 22.9. The number of benzene rings is 1.